The van der Waals surface area contributed by atoms with Gasteiger partial charge in [0.05, 0.1) is 0 Å². The molecule has 1 aliphatic carbocycles. The van der Waals surface area contributed by atoms with Crippen molar-refractivity contribution in [1.29, 1.82) is 0 Å². The summed E-state index contributed by atoms with van der Waals surface area (Å²) in [6.07, 6.45) is 2.26. The van der Waals surface area contributed by atoms with E-state index < -0.39 is 0 Å². The van der Waals surface area contributed by atoms with Crippen LogP contribution in [0.25, 0.3) is 0 Å². The van der Waals surface area contributed by atoms with E-state index in [-0.39, 0.29) is 11.9 Å². The largest absolute Gasteiger partial charge is 0.249 e. The SMILES string of the molecule is [NH]C(c1cccc(F)c1)C1CC1. The summed E-state index contributed by atoms with van der Waals surface area (Å²) in [7, 11) is 0. The molecule has 1 saturated carbocycles. The quantitative estimate of drug-likeness (QED) is 0.641. The Kier molecular flexibility index (Phi) is 1.85. The monoisotopic (exact) mass is 164 g/mol. The third-order valence-electron chi connectivity index (χ3n) is 2.30. The summed E-state index contributed by atoms with van der Waals surface area (Å²) in [5, 5.41) is 0. The Morgan fingerprint density at radius 1 is 1.42 bits per heavy atom. The van der Waals surface area contributed by atoms with Gasteiger partial charge in [-0.1, -0.05) is 12.1 Å². The molecule has 0 heterocycles. The van der Waals surface area contributed by atoms with Crippen LogP contribution in [0.4, 0.5) is 4.39 Å². The van der Waals surface area contributed by atoms with E-state index >= 15 is 0 Å². The number of hydrogen-bond donors (Lipinski definition) is 0. The second-order valence-electron chi connectivity index (χ2n) is 3.37. The van der Waals surface area contributed by atoms with E-state index in [1.54, 1.807) is 6.07 Å². The molecule has 0 bridgehead atoms. The summed E-state index contributed by atoms with van der Waals surface area (Å²) in [6.45, 7) is 0. The zero-order chi connectivity index (χ0) is 8.55. The van der Waals surface area contributed by atoms with Crippen LogP contribution in [0.15, 0.2) is 24.3 Å². The maximum absolute atomic E-state index is 12.7. The van der Waals surface area contributed by atoms with Gasteiger partial charge in [-0.2, -0.15) is 0 Å². The van der Waals surface area contributed by atoms with Crippen molar-refractivity contribution >= 4 is 0 Å². The standard InChI is InChI=1S/C10H11FN/c11-9-3-1-2-8(6-9)10(12)7-4-5-7/h1-3,6-7,10,12H,4-5H2. The average molecular weight is 164 g/mol. The predicted molar refractivity (Wildman–Crippen MR) is 45.0 cm³/mol. The van der Waals surface area contributed by atoms with Crippen LogP contribution in [0.2, 0.25) is 0 Å². The molecule has 1 aromatic rings. The van der Waals surface area contributed by atoms with Crippen molar-refractivity contribution in [2.24, 2.45) is 5.92 Å². The number of nitrogens with one attached hydrogen (secondary N) is 1. The first kappa shape index (κ1) is 7.74. The highest BCUT2D eigenvalue weighted by Gasteiger charge is 2.29. The van der Waals surface area contributed by atoms with Gasteiger partial charge in [-0.25, -0.2) is 10.1 Å². The Morgan fingerprint density at radius 2 is 2.17 bits per heavy atom. The lowest BCUT2D eigenvalue weighted by Gasteiger charge is -2.08. The fourth-order valence-corrected chi connectivity index (χ4v) is 1.40. The van der Waals surface area contributed by atoms with Gasteiger partial charge in [0.1, 0.15) is 5.82 Å². The van der Waals surface area contributed by atoms with Crippen molar-refractivity contribution in [2.45, 2.75) is 18.9 Å². The van der Waals surface area contributed by atoms with Crippen LogP contribution in [0.1, 0.15) is 24.4 Å². The first-order valence-corrected chi connectivity index (χ1v) is 4.24. The van der Waals surface area contributed by atoms with Gasteiger partial charge < -0.3 is 0 Å². The van der Waals surface area contributed by atoms with Crippen molar-refractivity contribution in [3.8, 4) is 0 Å². The fourth-order valence-electron chi connectivity index (χ4n) is 1.40. The molecule has 1 radical (unpaired) electrons. The van der Waals surface area contributed by atoms with Crippen molar-refractivity contribution in [1.82, 2.24) is 5.73 Å². The zero-order valence-electron chi connectivity index (χ0n) is 6.76. The maximum atomic E-state index is 12.7. The summed E-state index contributed by atoms with van der Waals surface area (Å²) in [6, 6.07) is 6.19. The molecule has 2 rings (SSSR count). The molecule has 1 nitrogen and oxygen atoms in total. The number of halogens is 1. The van der Waals surface area contributed by atoms with Crippen LogP contribution in [-0.2, 0) is 0 Å². The first-order chi connectivity index (χ1) is 5.77. The van der Waals surface area contributed by atoms with Crippen LogP contribution in [-0.4, -0.2) is 0 Å². The van der Waals surface area contributed by atoms with E-state index in [9.17, 15) is 4.39 Å². The minimum Gasteiger partial charge on any atom is -0.249 e. The van der Waals surface area contributed by atoms with E-state index in [0.717, 1.165) is 18.4 Å². The molecule has 12 heavy (non-hydrogen) atoms. The summed E-state index contributed by atoms with van der Waals surface area (Å²) < 4.78 is 12.7. The number of hydrogen-bond acceptors (Lipinski definition) is 0. The van der Waals surface area contributed by atoms with Gasteiger partial charge in [0.15, 0.2) is 0 Å². The lowest BCUT2D eigenvalue weighted by atomic mass is 10.0. The zero-order valence-corrected chi connectivity index (χ0v) is 6.76. The highest BCUT2D eigenvalue weighted by molar-refractivity contribution is 5.21. The van der Waals surface area contributed by atoms with Gasteiger partial charge in [-0.3, -0.25) is 0 Å². The lowest BCUT2D eigenvalue weighted by Crippen LogP contribution is -2.01. The Balaban J connectivity index is 2.20. The lowest BCUT2D eigenvalue weighted by molar-refractivity contribution is 0.591. The summed E-state index contributed by atoms with van der Waals surface area (Å²) in [4.78, 5) is 0. The first-order valence-electron chi connectivity index (χ1n) is 4.24. The second-order valence-corrected chi connectivity index (χ2v) is 3.37. The van der Waals surface area contributed by atoms with Gasteiger partial charge in [-0.05, 0) is 36.5 Å². The second kappa shape index (κ2) is 2.87. The Bertz CT molecular complexity index is 281. The normalized spacial score (nSPS) is 19.2. The van der Waals surface area contributed by atoms with E-state index in [2.05, 4.69) is 0 Å². The van der Waals surface area contributed by atoms with Gasteiger partial charge in [0.2, 0.25) is 0 Å². The van der Waals surface area contributed by atoms with Crippen LogP contribution in [0.5, 0.6) is 0 Å². The molecule has 1 fully saturated rings. The third-order valence-corrected chi connectivity index (χ3v) is 2.30. The third kappa shape index (κ3) is 1.48. The fraction of sp³-hybridized carbons (Fsp3) is 0.400. The van der Waals surface area contributed by atoms with Crippen LogP contribution >= 0.6 is 0 Å². The van der Waals surface area contributed by atoms with Crippen molar-refractivity contribution < 1.29 is 4.39 Å². The molecule has 0 spiro atoms. The van der Waals surface area contributed by atoms with Crippen LogP contribution in [0.3, 0.4) is 0 Å². The molecule has 1 atom stereocenters. The van der Waals surface area contributed by atoms with E-state index in [1.807, 2.05) is 6.07 Å². The molecule has 0 saturated heterocycles. The molecular formula is C10H11FN. The molecule has 63 valence electrons. The minimum absolute atomic E-state index is 0.208. The minimum atomic E-state index is -0.231. The molecule has 1 aliphatic rings. The van der Waals surface area contributed by atoms with Gasteiger partial charge in [0, 0.05) is 6.04 Å². The van der Waals surface area contributed by atoms with Gasteiger partial charge in [-0.15, -0.1) is 0 Å². The van der Waals surface area contributed by atoms with Crippen molar-refractivity contribution in [3.63, 3.8) is 0 Å². The molecular weight excluding hydrogens is 153 g/mol. The smallest absolute Gasteiger partial charge is 0.123 e. The molecule has 0 aliphatic heterocycles. The van der Waals surface area contributed by atoms with Crippen LogP contribution in [0, 0.1) is 11.7 Å². The molecule has 1 N–H and O–H groups in total. The van der Waals surface area contributed by atoms with Crippen molar-refractivity contribution in [2.75, 3.05) is 0 Å². The van der Waals surface area contributed by atoms with Crippen LogP contribution < -0.4 is 5.73 Å². The number of rotatable bonds is 2. The molecule has 1 aromatic carbocycles. The van der Waals surface area contributed by atoms with Gasteiger partial charge >= 0.3 is 0 Å². The maximum Gasteiger partial charge on any atom is 0.123 e. The molecule has 0 amide bonds. The van der Waals surface area contributed by atoms with E-state index in [0.29, 0.717) is 5.92 Å². The van der Waals surface area contributed by atoms with E-state index in [1.165, 1.54) is 12.1 Å². The molecule has 0 aromatic heterocycles. The summed E-state index contributed by atoms with van der Waals surface area (Å²) >= 11 is 0. The topological polar surface area (TPSA) is 23.8 Å². The van der Waals surface area contributed by atoms with Crippen molar-refractivity contribution in [3.05, 3.63) is 35.6 Å². The Morgan fingerprint density at radius 3 is 2.75 bits per heavy atom. The Hall–Kier alpha value is -0.890. The predicted octanol–water partition coefficient (Wildman–Crippen LogP) is 2.56. The molecule has 1 unspecified atom stereocenters. The highest BCUT2D eigenvalue weighted by atomic mass is 19.1. The van der Waals surface area contributed by atoms with Gasteiger partial charge in [0.25, 0.3) is 0 Å². The summed E-state index contributed by atoms with van der Waals surface area (Å²) in [5.41, 5.74) is 8.58. The average Bonchev–Trinajstić information content (AvgIpc) is 2.85. The van der Waals surface area contributed by atoms with E-state index in [4.69, 9.17) is 5.73 Å². The number of benzene rings is 1. The molecule has 2 heteroatoms. The summed E-state index contributed by atoms with van der Waals surface area (Å²) in [5.74, 6) is 0.247. The highest BCUT2D eigenvalue weighted by Crippen LogP contribution is 2.40. The Labute approximate surface area is 71.4 Å².